The van der Waals surface area contributed by atoms with Crippen LogP contribution in [0.2, 0.25) is 5.02 Å². The maximum absolute atomic E-state index is 9.15. The van der Waals surface area contributed by atoms with Crippen molar-refractivity contribution in [3.05, 3.63) is 40.7 Å². The van der Waals surface area contributed by atoms with Gasteiger partial charge in [0.05, 0.1) is 11.3 Å². The van der Waals surface area contributed by atoms with Crippen molar-refractivity contribution in [2.75, 3.05) is 17.7 Å². The van der Waals surface area contributed by atoms with Crippen molar-refractivity contribution >= 4 is 28.9 Å². The molecule has 1 aromatic heterocycles. The molecule has 0 aliphatic carbocycles. The molecule has 0 atom stereocenters. The van der Waals surface area contributed by atoms with Gasteiger partial charge in [0.25, 0.3) is 0 Å². The first-order chi connectivity index (χ1) is 10.0. The Hall–Kier alpha value is -2.32. The van der Waals surface area contributed by atoms with Gasteiger partial charge in [-0.25, -0.2) is 9.97 Å². The SMILES string of the molecule is CNc1cc(Nc2cc(Cl)ccc2C#N)nc(C(C)C)n1. The molecule has 0 saturated heterocycles. The highest BCUT2D eigenvalue weighted by Crippen LogP contribution is 2.25. The van der Waals surface area contributed by atoms with E-state index in [1.165, 1.54) is 0 Å². The molecule has 0 radical (unpaired) electrons. The summed E-state index contributed by atoms with van der Waals surface area (Å²) >= 11 is 5.99. The first-order valence-electron chi connectivity index (χ1n) is 6.57. The Morgan fingerprint density at radius 1 is 1.19 bits per heavy atom. The maximum Gasteiger partial charge on any atom is 0.136 e. The molecule has 0 bridgehead atoms. The van der Waals surface area contributed by atoms with Crippen LogP contribution in [0.1, 0.15) is 31.2 Å². The minimum absolute atomic E-state index is 0.202. The minimum Gasteiger partial charge on any atom is -0.373 e. The predicted molar refractivity (Wildman–Crippen MR) is 85.1 cm³/mol. The fourth-order valence-corrected chi connectivity index (χ4v) is 1.94. The molecular weight excluding hydrogens is 286 g/mol. The number of aromatic nitrogens is 2. The van der Waals surface area contributed by atoms with Crippen LogP contribution >= 0.6 is 11.6 Å². The van der Waals surface area contributed by atoms with Crippen molar-refractivity contribution in [3.8, 4) is 6.07 Å². The number of hydrogen-bond donors (Lipinski definition) is 2. The minimum atomic E-state index is 0.202. The fraction of sp³-hybridized carbons (Fsp3) is 0.267. The smallest absolute Gasteiger partial charge is 0.136 e. The van der Waals surface area contributed by atoms with E-state index in [2.05, 4.69) is 26.7 Å². The van der Waals surface area contributed by atoms with E-state index in [1.807, 2.05) is 13.8 Å². The van der Waals surface area contributed by atoms with Crippen molar-refractivity contribution in [2.45, 2.75) is 19.8 Å². The lowest BCUT2D eigenvalue weighted by Crippen LogP contribution is -2.05. The summed E-state index contributed by atoms with van der Waals surface area (Å²) in [6.07, 6.45) is 0. The molecule has 0 aliphatic rings. The molecule has 0 amide bonds. The molecule has 2 rings (SSSR count). The molecule has 6 heteroatoms. The Balaban J connectivity index is 2.42. The number of nitriles is 1. The second-order valence-electron chi connectivity index (χ2n) is 4.83. The van der Waals surface area contributed by atoms with Crippen LogP contribution in [0.15, 0.2) is 24.3 Å². The Labute approximate surface area is 129 Å². The Morgan fingerprint density at radius 3 is 2.52 bits per heavy atom. The van der Waals surface area contributed by atoms with E-state index in [0.717, 1.165) is 11.6 Å². The summed E-state index contributed by atoms with van der Waals surface area (Å²) < 4.78 is 0. The van der Waals surface area contributed by atoms with Crippen LogP contribution < -0.4 is 10.6 Å². The van der Waals surface area contributed by atoms with E-state index in [1.54, 1.807) is 31.3 Å². The topological polar surface area (TPSA) is 73.6 Å². The third-order valence-electron chi connectivity index (χ3n) is 2.88. The number of nitrogens with zero attached hydrogens (tertiary/aromatic N) is 3. The Morgan fingerprint density at radius 2 is 1.90 bits per heavy atom. The van der Waals surface area contributed by atoms with Gasteiger partial charge < -0.3 is 10.6 Å². The van der Waals surface area contributed by atoms with E-state index < -0.39 is 0 Å². The van der Waals surface area contributed by atoms with Crippen molar-refractivity contribution in [3.63, 3.8) is 0 Å². The number of nitrogens with one attached hydrogen (secondary N) is 2. The summed E-state index contributed by atoms with van der Waals surface area (Å²) in [6.45, 7) is 4.05. The van der Waals surface area contributed by atoms with E-state index in [0.29, 0.717) is 22.1 Å². The fourth-order valence-electron chi connectivity index (χ4n) is 1.77. The summed E-state index contributed by atoms with van der Waals surface area (Å²) in [7, 11) is 1.80. The van der Waals surface area contributed by atoms with Gasteiger partial charge in [0.1, 0.15) is 23.5 Å². The van der Waals surface area contributed by atoms with Gasteiger partial charge in [-0.05, 0) is 18.2 Å². The standard InChI is InChI=1S/C15H16ClN5/c1-9(2)15-20-13(18-3)7-14(21-15)19-12-6-11(16)5-4-10(12)8-17/h4-7,9H,1-3H3,(H2,18,19,20,21). The summed E-state index contributed by atoms with van der Waals surface area (Å²) in [5.41, 5.74) is 1.13. The maximum atomic E-state index is 9.15. The van der Waals surface area contributed by atoms with E-state index >= 15 is 0 Å². The molecule has 2 N–H and O–H groups in total. The van der Waals surface area contributed by atoms with Crippen LogP contribution in [0.3, 0.4) is 0 Å². The lowest BCUT2D eigenvalue weighted by Gasteiger charge is -2.12. The second-order valence-corrected chi connectivity index (χ2v) is 5.26. The molecule has 2 aromatic rings. The average molecular weight is 302 g/mol. The quantitative estimate of drug-likeness (QED) is 0.895. The van der Waals surface area contributed by atoms with E-state index in [-0.39, 0.29) is 5.92 Å². The van der Waals surface area contributed by atoms with Gasteiger partial charge in [0, 0.05) is 24.1 Å². The molecule has 0 spiro atoms. The van der Waals surface area contributed by atoms with Gasteiger partial charge in [-0.1, -0.05) is 25.4 Å². The highest BCUT2D eigenvalue weighted by atomic mass is 35.5. The van der Waals surface area contributed by atoms with Gasteiger partial charge in [0.15, 0.2) is 0 Å². The lowest BCUT2D eigenvalue weighted by atomic mass is 10.2. The Bertz CT molecular complexity index is 691. The summed E-state index contributed by atoms with van der Waals surface area (Å²) in [5.74, 6) is 2.27. The molecule has 0 unspecified atom stereocenters. The number of anilines is 3. The molecule has 108 valence electrons. The first-order valence-corrected chi connectivity index (χ1v) is 6.94. The van der Waals surface area contributed by atoms with Gasteiger partial charge in [0.2, 0.25) is 0 Å². The average Bonchev–Trinajstić information content (AvgIpc) is 2.47. The Kier molecular flexibility index (Phi) is 4.61. The van der Waals surface area contributed by atoms with E-state index in [4.69, 9.17) is 16.9 Å². The third kappa shape index (κ3) is 3.61. The molecule has 0 aliphatic heterocycles. The number of halogens is 1. The van der Waals surface area contributed by atoms with E-state index in [9.17, 15) is 0 Å². The molecule has 1 aromatic carbocycles. The zero-order valence-electron chi connectivity index (χ0n) is 12.1. The van der Waals surface area contributed by atoms with Crippen LogP contribution in [0.5, 0.6) is 0 Å². The number of rotatable bonds is 4. The summed E-state index contributed by atoms with van der Waals surface area (Å²) in [5, 5.41) is 15.9. The highest BCUT2D eigenvalue weighted by Gasteiger charge is 2.09. The van der Waals surface area contributed by atoms with Gasteiger partial charge >= 0.3 is 0 Å². The molecular formula is C15H16ClN5. The van der Waals surface area contributed by atoms with Crippen LogP contribution in [0.4, 0.5) is 17.3 Å². The molecule has 0 saturated carbocycles. The molecule has 1 heterocycles. The molecule has 21 heavy (non-hydrogen) atoms. The van der Waals surface area contributed by atoms with Crippen LogP contribution in [0.25, 0.3) is 0 Å². The van der Waals surface area contributed by atoms with Gasteiger partial charge in [-0.3, -0.25) is 0 Å². The normalized spacial score (nSPS) is 10.3. The third-order valence-corrected chi connectivity index (χ3v) is 3.12. The monoisotopic (exact) mass is 301 g/mol. The van der Waals surface area contributed by atoms with Gasteiger partial charge in [-0.2, -0.15) is 5.26 Å². The summed E-state index contributed by atoms with van der Waals surface area (Å²) in [6, 6.07) is 8.98. The summed E-state index contributed by atoms with van der Waals surface area (Å²) in [4.78, 5) is 8.87. The molecule has 0 fully saturated rings. The van der Waals surface area contributed by atoms with Crippen molar-refractivity contribution in [1.29, 1.82) is 5.26 Å². The highest BCUT2D eigenvalue weighted by molar-refractivity contribution is 6.30. The second kappa shape index (κ2) is 6.42. The van der Waals surface area contributed by atoms with Crippen molar-refractivity contribution in [2.24, 2.45) is 0 Å². The van der Waals surface area contributed by atoms with Crippen LogP contribution in [-0.2, 0) is 0 Å². The van der Waals surface area contributed by atoms with Crippen molar-refractivity contribution < 1.29 is 0 Å². The number of benzene rings is 1. The zero-order chi connectivity index (χ0) is 15.4. The number of hydrogen-bond acceptors (Lipinski definition) is 5. The van der Waals surface area contributed by atoms with Gasteiger partial charge in [-0.15, -0.1) is 0 Å². The predicted octanol–water partition coefficient (Wildman–Crippen LogP) is 3.91. The lowest BCUT2D eigenvalue weighted by molar-refractivity contribution is 0.778. The van der Waals surface area contributed by atoms with Crippen LogP contribution in [-0.4, -0.2) is 17.0 Å². The molecule has 5 nitrogen and oxygen atoms in total. The largest absolute Gasteiger partial charge is 0.373 e. The zero-order valence-corrected chi connectivity index (χ0v) is 12.9. The van der Waals surface area contributed by atoms with Crippen molar-refractivity contribution in [1.82, 2.24) is 9.97 Å². The first kappa shape index (κ1) is 15.1. The van der Waals surface area contributed by atoms with Crippen LogP contribution in [0, 0.1) is 11.3 Å².